The van der Waals surface area contributed by atoms with Crippen molar-refractivity contribution in [1.29, 1.82) is 0 Å². The van der Waals surface area contributed by atoms with Crippen LogP contribution in [0.5, 0.6) is 0 Å². The average Bonchev–Trinajstić information content (AvgIpc) is 2.90. The zero-order chi connectivity index (χ0) is 20.5. The Kier molecular flexibility index (Phi) is 4.46. The van der Waals surface area contributed by atoms with Crippen LogP contribution in [0.3, 0.4) is 0 Å². The van der Waals surface area contributed by atoms with Crippen LogP contribution in [0.25, 0.3) is 0 Å². The fourth-order valence-corrected chi connectivity index (χ4v) is 7.64. The lowest BCUT2D eigenvalue weighted by atomic mass is 9.49. The summed E-state index contributed by atoms with van der Waals surface area (Å²) in [5.74, 6) is 0.0656. The van der Waals surface area contributed by atoms with Crippen LogP contribution in [0.1, 0.15) is 53.4 Å². The summed E-state index contributed by atoms with van der Waals surface area (Å²) >= 11 is 3.70. The van der Waals surface area contributed by atoms with Gasteiger partial charge in [-0.1, -0.05) is 35.9 Å². The Hall–Kier alpha value is -1.43. The van der Waals surface area contributed by atoms with Crippen molar-refractivity contribution in [3.05, 3.63) is 22.2 Å². The molecule has 6 heteroatoms. The number of carbonyl (C=O) groups is 3. The molecule has 4 rings (SSSR count). The van der Waals surface area contributed by atoms with Crippen molar-refractivity contribution in [1.82, 2.24) is 0 Å². The van der Waals surface area contributed by atoms with Crippen molar-refractivity contribution in [3.8, 4) is 0 Å². The van der Waals surface area contributed by atoms with Gasteiger partial charge in [-0.15, -0.1) is 0 Å². The zero-order valence-electron chi connectivity index (χ0n) is 16.8. The van der Waals surface area contributed by atoms with E-state index >= 15 is 0 Å². The van der Waals surface area contributed by atoms with Gasteiger partial charge in [-0.2, -0.15) is 0 Å². The van der Waals surface area contributed by atoms with Gasteiger partial charge in [0.15, 0.2) is 11.4 Å². The van der Waals surface area contributed by atoms with Crippen LogP contribution in [0.4, 0.5) is 0 Å². The van der Waals surface area contributed by atoms with Crippen LogP contribution in [0.15, 0.2) is 22.2 Å². The highest BCUT2D eigenvalue weighted by molar-refractivity contribution is 9.12. The summed E-state index contributed by atoms with van der Waals surface area (Å²) in [6.07, 6.45) is 6.97. The number of cyclic esters (lactones) is 1. The molecule has 1 aliphatic heterocycles. The largest absolute Gasteiger partial charge is 0.462 e. The van der Waals surface area contributed by atoms with Crippen LogP contribution < -0.4 is 0 Å². The fraction of sp³-hybridized carbons (Fsp3) is 0.682. The number of esters is 2. The molecule has 0 N–H and O–H groups in total. The van der Waals surface area contributed by atoms with E-state index in [1.54, 1.807) is 13.0 Å². The van der Waals surface area contributed by atoms with E-state index in [0.717, 1.165) is 29.3 Å². The van der Waals surface area contributed by atoms with Crippen LogP contribution >= 0.6 is 15.9 Å². The van der Waals surface area contributed by atoms with Gasteiger partial charge in [-0.3, -0.25) is 9.59 Å². The summed E-state index contributed by atoms with van der Waals surface area (Å²) in [7, 11) is 0. The standard InChI is InChI=1S/C22H27BrO5/c1-12(24)22(28-13(2)25)8-6-16-14-9-18(23)17-10-19(26)27-11-20(17,3)15(14)5-7-21(16,22)4/h9-10,14-16H,5-8,11H2,1-4H3/t14-,15+,16+,20-,21+,22+/m1/s1. The summed E-state index contributed by atoms with van der Waals surface area (Å²) in [4.78, 5) is 36.5. The quantitative estimate of drug-likeness (QED) is 0.592. The molecule has 2 fully saturated rings. The van der Waals surface area contributed by atoms with Gasteiger partial charge in [-0.05, 0) is 55.9 Å². The van der Waals surface area contributed by atoms with Gasteiger partial charge in [0, 0.05) is 28.3 Å². The minimum atomic E-state index is -1.04. The van der Waals surface area contributed by atoms with Gasteiger partial charge < -0.3 is 9.47 Å². The predicted octanol–water partition coefficient (Wildman–Crippen LogP) is 4.10. The maximum Gasteiger partial charge on any atom is 0.331 e. The molecule has 0 aromatic heterocycles. The molecule has 4 aliphatic rings. The number of halogens is 1. The van der Waals surface area contributed by atoms with Crippen LogP contribution in [0.2, 0.25) is 0 Å². The Labute approximate surface area is 174 Å². The first kappa shape index (κ1) is 19.9. The summed E-state index contributed by atoms with van der Waals surface area (Å²) in [6, 6.07) is 0. The third-order valence-corrected chi connectivity index (χ3v) is 8.84. The Morgan fingerprint density at radius 2 is 1.86 bits per heavy atom. The third kappa shape index (κ3) is 2.45. The Bertz CT molecular complexity index is 829. The maximum absolute atomic E-state index is 12.7. The monoisotopic (exact) mass is 450 g/mol. The second kappa shape index (κ2) is 6.28. The number of ether oxygens (including phenoxy) is 2. The Morgan fingerprint density at radius 1 is 1.18 bits per heavy atom. The van der Waals surface area contributed by atoms with Crippen molar-refractivity contribution in [2.75, 3.05) is 6.61 Å². The molecule has 0 radical (unpaired) electrons. The molecule has 0 saturated heterocycles. The van der Waals surface area contributed by atoms with Gasteiger partial charge in [0.2, 0.25) is 0 Å². The topological polar surface area (TPSA) is 69.7 Å². The van der Waals surface area contributed by atoms with E-state index in [1.807, 2.05) is 0 Å². The average molecular weight is 451 g/mol. The van der Waals surface area contributed by atoms with Crippen LogP contribution in [0, 0.1) is 28.6 Å². The van der Waals surface area contributed by atoms with Crippen molar-refractivity contribution in [3.63, 3.8) is 0 Å². The minimum absolute atomic E-state index is 0.0524. The number of carbonyl (C=O) groups excluding carboxylic acids is 3. The number of fused-ring (bicyclic) bond motifs is 5. The number of ketones is 1. The van der Waals surface area contributed by atoms with Gasteiger partial charge >= 0.3 is 11.9 Å². The van der Waals surface area contributed by atoms with Crippen molar-refractivity contribution < 1.29 is 23.9 Å². The second-order valence-corrected chi connectivity index (χ2v) is 10.2. The summed E-state index contributed by atoms with van der Waals surface area (Å²) in [5, 5.41) is 0. The van der Waals surface area contributed by atoms with E-state index in [-0.39, 0.29) is 29.0 Å². The summed E-state index contributed by atoms with van der Waals surface area (Å²) in [5.41, 5.74) is -0.649. The molecule has 152 valence electrons. The minimum Gasteiger partial charge on any atom is -0.462 e. The van der Waals surface area contributed by atoms with Gasteiger partial charge in [0.1, 0.15) is 6.61 Å². The van der Waals surface area contributed by atoms with E-state index in [0.29, 0.717) is 18.9 Å². The first-order valence-electron chi connectivity index (χ1n) is 10.0. The van der Waals surface area contributed by atoms with Crippen molar-refractivity contribution in [2.24, 2.45) is 28.6 Å². The summed E-state index contributed by atoms with van der Waals surface area (Å²) in [6.45, 7) is 7.63. The highest BCUT2D eigenvalue weighted by Gasteiger charge is 2.67. The van der Waals surface area contributed by atoms with E-state index < -0.39 is 17.0 Å². The summed E-state index contributed by atoms with van der Waals surface area (Å²) < 4.78 is 12.2. The molecule has 6 atom stereocenters. The molecule has 2 saturated carbocycles. The third-order valence-electron chi connectivity index (χ3n) is 8.15. The van der Waals surface area contributed by atoms with E-state index in [9.17, 15) is 14.4 Å². The second-order valence-electron chi connectivity index (χ2n) is 9.36. The molecule has 28 heavy (non-hydrogen) atoms. The smallest absolute Gasteiger partial charge is 0.331 e. The number of Topliss-reactive ketones (excluding diaryl/α,β-unsaturated/α-hetero) is 1. The molecular formula is C22H27BrO5. The molecule has 0 spiro atoms. The Balaban J connectivity index is 1.79. The molecular weight excluding hydrogens is 424 g/mol. The fourth-order valence-electron chi connectivity index (χ4n) is 6.76. The SMILES string of the molecule is CC(=O)O[C@]1(C(C)=O)CC[C@H]2[C@@H]3C=C(Br)C4=CC(=O)OC[C@]4(C)[C@H]3CC[C@@]21C. The molecule has 0 aromatic carbocycles. The number of hydrogen-bond acceptors (Lipinski definition) is 5. The number of hydrogen-bond donors (Lipinski definition) is 0. The predicted molar refractivity (Wildman–Crippen MR) is 106 cm³/mol. The van der Waals surface area contributed by atoms with Crippen molar-refractivity contribution in [2.45, 2.75) is 59.0 Å². The molecule has 3 aliphatic carbocycles. The molecule has 0 aromatic rings. The Morgan fingerprint density at radius 3 is 2.50 bits per heavy atom. The molecule has 0 bridgehead atoms. The van der Waals surface area contributed by atoms with Gasteiger partial charge in [0.25, 0.3) is 0 Å². The van der Waals surface area contributed by atoms with Crippen LogP contribution in [-0.4, -0.2) is 29.9 Å². The number of allylic oxidation sites excluding steroid dienone is 2. The van der Waals surface area contributed by atoms with Gasteiger partial charge in [0.05, 0.1) is 0 Å². The van der Waals surface area contributed by atoms with E-state index in [2.05, 4.69) is 35.9 Å². The zero-order valence-corrected chi connectivity index (χ0v) is 18.4. The molecule has 0 unspecified atom stereocenters. The van der Waals surface area contributed by atoms with E-state index in [1.165, 1.54) is 6.92 Å². The normalized spacial score (nSPS) is 44.3. The highest BCUT2D eigenvalue weighted by Crippen LogP contribution is 2.67. The van der Waals surface area contributed by atoms with Crippen molar-refractivity contribution >= 4 is 33.7 Å². The first-order valence-corrected chi connectivity index (χ1v) is 10.8. The van der Waals surface area contributed by atoms with Crippen LogP contribution in [-0.2, 0) is 23.9 Å². The lowest BCUT2D eigenvalue weighted by molar-refractivity contribution is -0.185. The molecule has 5 nitrogen and oxygen atoms in total. The molecule has 1 heterocycles. The highest BCUT2D eigenvalue weighted by atomic mass is 79.9. The van der Waals surface area contributed by atoms with Gasteiger partial charge in [-0.25, -0.2) is 4.79 Å². The molecule has 0 amide bonds. The lowest BCUT2D eigenvalue weighted by Crippen LogP contribution is -2.58. The number of rotatable bonds is 2. The van der Waals surface area contributed by atoms with E-state index in [4.69, 9.17) is 9.47 Å². The first-order chi connectivity index (χ1) is 13.0. The lowest BCUT2D eigenvalue weighted by Gasteiger charge is -2.57. The maximum atomic E-state index is 12.7.